The Hall–Kier alpha value is -0.450. The largest absolute Gasteiger partial charge is 0.309 e. The molecule has 2 aliphatic rings. The molecule has 0 spiro atoms. The minimum atomic E-state index is -0.157. The van der Waals surface area contributed by atoms with Crippen LogP contribution in [0.25, 0.3) is 0 Å². The van der Waals surface area contributed by atoms with Crippen LogP contribution in [0, 0.1) is 11.7 Å². The topological polar surface area (TPSA) is 15.3 Å². The summed E-state index contributed by atoms with van der Waals surface area (Å²) in [5, 5.41) is 3.73. The van der Waals surface area contributed by atoms with Crippen LogP contribution < -0.4 is 5.32 Å². The Bertz CT molecular complexity index is 497. The van der Waals surface area contributed by atoms with Gasteiger partial charge in [0.05, 0.1) is 0 Å². The third kappa shape index (κ3) is 3.66. The molecule has 1 aromatic carbocycles. The Morgan fingerprint density at radius 1 is 1.38 bits per heavy atom. The van der Waals surface area contributed by atoms with Crippen LogP contribution in [0.3, 0.4) is 0 Å². The van der Waals surface area contributed by atoms with Crippen molar-refractivity contribution in [2.24, 2.45) is 5.92 Å². The average molecular weight is 355 g/mol. The molecule has 21 heavy (non-hydrogen) atoms. The maximum Gasteiger partial charge on any atom is 0.124 e. The lowest BCUT2D eigenvalue weighted by Crippen LogP contribution is -2.62. The first-order chi connectivity index (χ1) is 9.99. The number of benzene rings is 1. The Morgan fingerprint density at radius 2 is 2.14 bits per heavy atom. The molecule has 0 amide bonds. The van der Waals surface area contributed by atoms with Crippen LogP contribution in [0.2, 0.25) is 0 Å². The van der Waals surface area contributed by atoms with E-state index in [9.17, 15) is 4.39 Å². The molecule has 1 heterocycles. The van der Waals surface area contributed by atoms with Gasteiger partial charge in [0.15, 0.2) is 0 Å². The second-order valence-electron chi connectivity index (χ2n) is 6.88. The fourth-order valence-corrected chi connectivity index (χ4v) is 3.91. The van der Waals surface area contributed by atoms with Gasteiger partial charge in [-0.2, -0.15) is 0 Å². The van der Waals surface area contributed by atoms with Gasteiger partial charge in [-0.3, -0.25) is 4.90 Å². The van der Waals surface area contributed by atoms with Gasteiger partial charge >= 0.3 is 0 Å². The maximum atomic E-state index is 13.6. The van der Waals surface area contributed by atoms with Gasteiger partial charge in [0, 0.05) is 35.7 Å². The van der Waals surface area contributed by atoms with Crippen molar-refractivity contribution in [1.82, 2.24) is 10.2 Å². The second kappa shape index (κ2) is 5.98. The Kier molecular flexibility index (Phi) is 4.40. The van der Waals surface area contributed by atoms with Crippen LogP contribution in [0.15, 0.2) is 22.7 Å². The zero-order chi connectivity index (χ0) is 15.0. The molecule has 1 aromatic rings. The average Bonchev–Trinajstić information content (AvgIpc) is 3.22. The smallest absolute Gasteiger partial charge is 0.124 e. The van der Waals surface area contributed by atoms with Crippen molar-refractivity contribution in [3.8, 4) is 0 Å². The first-order valence-corrected chi connectivity index (χ1v) is 8.72. The summed E-state index contributed by atoms with van der Waals surface area (Å²) >= 11 is 3.40. The van der Waals surface area contributed by atoms with Gasteiger partial charge in [-0.25, -0.2) is 4.39 Å². The van der Waals surface area contributed by atoms with E-state index >= 15 is 0 Å². The number of piperazine rings is 1. The highest BCUT2D eigenvalue weighted by molar-refractivity contribution is 9.10. The van der Waals surface area contributed by atoms with Crippen molar-refractivity contribution in [2.75, 3.05) is 13.1 Å². The molecule has 4 heteroatoms. The molecule has 1 aliphatic carbocycles. The van der Waals surface area contributed by atoms with Crippen molar-refractivity contribution in [1.29, 1.82) is 0 Å². The van der Waals surface area contributed by atoms with E-state index in [1.165, 1.54) is 18.9 Å². The van der Waals surface area contributed by atoms with Crippen molar-refractivity contribution in [3.63, 3.8) is 0 Å². The van der Waals surface area contributed by atoms with Gasteiger partial charge in [0.25, 0.3) is 0 Å². The van der Waals surface area contributed by atoms with Gasteiger partial charge < -0.3 is 5.32 Å². The highest BCUT2D eigenvalue weighted by atomic mass is 79.9. The number of hydrogen-bond donors (Lipinski definition) is 1. The van der Waals surface area contributed by atoms with Gasteiger partial charge in [-0.15, -0.1) is 0 Å². The molecule has 1 saturated heterocycles. The molecule has 3 rings (SSSR count). The normalized spacial score (nSPS) is 30.6. The number of rotatable bonds is 4. The molecular formula is C17H24BrFN2. The van der Waals surface area contributed by atoms with E-state index in [1.807, 2.05) is 6.07 Å². The lowest BCUT2D eigenvalue weighted by atomic mass is 9.91. The molecule has 2 fully saturated rings. The first kappa shape index (κ1) is 15.4. The molecular weight excluding hydrogens is 331 g/mol. The first-order valence-electron chi connectivity index (χ1n) is 7.93. The zero-order valence-corrected chi connectivity index (χ0v) is 14.4. The summed E-state index contributed by atoms with van der Waals surface area (Å²) in [5.74, 6) is 0.673. The molecule has 1 aliphatic heterocycles. The predicted molar refractivity (Wildman–Crippen MR) is 87.7 cm³/mol. The standard InChI is InChI=1S/C17H24BrFN2/c1-3-17(2)11-21(16(9-20-17)13-4-5-13)10-12-6-14(18)8-15(19)7-12/h6-8,13,16,20H,3-5,9-11H2,1-2H3. The van der Waals surface area contributed by atoms with Crippen LogP contribution >= 0.6 is 15.9 Å². The number of hydrogen-bond acceptors (Lipinski definition) is 2. The van der Waals surface area contributed by atoms with Crippen molar-refractivity contribution < 1.29 is 4.39 Å². The number of nitrogens with one attached hydrogen (secondary N) is 1. The summed E-state index contributed by atoms with van der Waals surface area (Å²) in [4.78, 5) is 2.57. The molecule has 1 saturated carbocycles. The zero-order valence-electron chi connectivity index (χ0n) is 12.8. The highest BCUT2D eigenvalue weighted by Crippen LogP contribution is 2.38. The summed E-state index contributed by atoms with van der Waals surface area (Å²) in [7, 11) is 0. The van der Waals surface area contributed by atoms with Crippen molar-refractivity contribution >= 4 is 15.9 Å². The molecule has 2 nitrogen and oxygen atoms in total. The lowest BCUT2D eigenvalue weighted by Gasteiger charge is -2.46. The molecule has 1 N–H and O–H groups in total. The van der Waals surface area contributed by atoms with Crippen LogP contribution in [0.1, 0.15) is 38.7 Å². The van der Waals surface area contributed by atoms with Crippen LogP contribution in [0.4, 0.5) is 4.39 Å². The Balaban J connectivity index is 1.78. The number of halogens is 2. The lowest BCUT2D eigenvalue weighted by molar-refractivity contribution is 0.0661. The van der Waals surface area contributed by atoms with Crippen LogP contribution in [-0.2, 0) is 6.54 Å². The molecule has 2 unspecified atom stereocenters. The van der Waals surface area contributed by atoms with Crippen LogP contribution in [-0.4, -0.2) is 29.6 Å². The summed E-state index contributed by atoms with van der Waals surface area (Å²) in [5.41, 5.74) is 1.24. The highest BCUT2D eigenvalue weighted by Gasteiger charge is 2.41. The van der Waals surface area contributed by atoms with Crippen molar-refractivity contribution in [3.05, 3.63) is 34.1 Å². The van der Waals surface area contributed by atoms with Crippen molar-refractivity contribution in [2.45, 2.75) is 51.2 Å². The van der Waals surface area contributed by atoms with Gasteiger partial charge in [-0.1, -0.05) is 22.9 Å². The minimum Gasteiger partial charge on any atom is -0.309 e. The van der Waals surface area contributed by atoms with Gasteiger partial charge in [0.1, 0.15) is 5.82 Å². The van der Waals surface area contributed by atoms with E-state index in [4.69, 9.17) is 0 Å². The fraction of sp³-hybridized carbons (Fsp3) is 0.647. The van der Waals surface area contributed by atoms with E-state index in [2.05, 4.69) is 40.0 Å². The van der Waals surface area contributed by atoms with E-state index in [1.54, 1.807) is 6.07 Å². The van der Waals surface area contributed by atoms with E-state index in [-0.39, 0.29) is 11.4 Å². The molecule has 0 aromatic heterocycles. The third-order valence-electron chi connectivity index (χ3n) is 5.01. The fourth-order valence-electron chi connectivity index (χ4n) is 3.39. The van der Waals surface area contributed by atoms with Gasteiger partial charge in [-0.05, 0) is 55.9 Å². The quantitative estimate of drug-likeness (QED) is 0.880. The molecule has 2 atom stereocenters. The maximum absolute atomic E-state index is 13.6. The van der Waals surface area contributed by atoms with E-state index in [0.717, 1.165) is 42.0 Å². The molecule has 116 valence electrons. The number of nitrogens with zero attached hydrogens (tertiary/aromatic N) is 1. The molecule has 0 radical (unpaired) electrons. The third-order valence-corrected chi connectivity index (χ3v) is 5.47. The molecule has 0 bridgehead atoms. The summed E-state index contributed by atoms with van der Waals surface area (Å²) in [6, 6.07) is 5.83. The van der Waals surface area contributed by atoms with Gasteiger partial charge in [0.2, 0.25) is 0 Å². The summed E-state index contributed by atoms with van der Waals surface area (Å²) in [6.45, 7) is 7.48. The Labute approximate surface area is 135 Å². The van der Waals surface area contributed by atoms with Crippen LogP contribution in [0.5, 0.6) is 0 Å². The Morgan fingerprint density at radius 3 is 2.76 bits per heavy atom. The summed E-state index contributed by atoms with van der Waals surface area (Å²) in [6.07, 6.45) is 3.81. The predicted octanol–water partition coefficient (Wildman–Crippen LogP) is 3.94. The SMILES string of the molecule is CCC1(C)CN(Cc2cc(F)cc(Br)c2)C(C2CC2)CN1. The summed E-state index contributed by atoms with van der Waals surface area (Å²) < 4.78 is 14.4. The monoisotopic (exact) mass is 354 g/mol. The van der Waals surface area contributed by atoms with E-state index in [0.29, 0.717) is 6.04 Å². The minimum absolute atomic E-state index is 0.157. The second-order valence-corrected chi connectivity index (χ2v) is 7.80. The van der Waals surface area contributed by atoms with E-state index < -0.39 is 0 Å².